The van der Waals surface area contributed by atoms with E-state index in [1.165, 1.54) is 38.0 Å². The normalized spacial score (nSPS) is 18.5. The van der Waals surface area contributed by atoms with E-state index in [2.05, 4.69) is 36.3 Å². The van der Waals surface area contributed by atoms with Gasteiger partial charge < -0.3 is 10.1 Å². The van der Waals surface area contributed by atoms with Crippen molar-refractivity contribution in [1.29, 1.82) is 0 Å². The summed E-state index contributed by atoms with van der Waals surface area (Å²) in [6, 6.07) is 8.73. The molecule has 106 valence electrons. The summed E-state index contributed by atoms with van der Waals surface area (Å²) >= 11 is 0. The van der Waals surface area contributed by atoms with Gasteiger partial charge in [0.1, 0.15) is 5.75 Å². The summed E-state index contributed by atoms with van der Waals surface area (Å²) in [5, 5.41) is 3.43. The highest BCUT2D eigenvalue weighted by Crippen LogP contribution is 2.29. The zero-order valence-corrected chi connectivity index (χ0v) is 12.4. The number of methoxy groups -OCH3 is 1. The number of nitrogens with one attached hydrogen (secondary N) is 1. The maximum absolute atomic E-state index is 5.47. The van der Waals surface area contributed by atoms with Gasteiger partial charge >= 0.3 is 0 Å². The van der Waals surface area contributed by atoms with E-state index in [1.807, 2.05) is 12.1 Å². The molecule has 0 aromatic heterocycles. The van der Waals surface area contributed by atoms with E-state index < -0.39 is 0 Å². The van der Waals surface area contributed by atoms with Crippen molar-refractivity contribution in [2.24, 2.45) is 5.92 Å². The minimum absolute atomic E-state index is 0.394. The number of ether oxygens (including phenoxy) is 1. The van der Waals surface area contributed by atoms with Crippen LogP contribution in [0.5, 0.6) is 5.75 Å². The molecule has 1 N–H and O–H groups in total. The van der Waals surface area contributed by atoms with Crippen molar-refractivity contribution in [1.82, 2.24) is 10.2 Å². The maximum Gasteiger partial charge on any atom is 0.123 e. The van der Waals surface area contributed by atoms with Crippen LogP contribution >= 0.6 is 0 Å². The highest BCUT2D eigenvalue weighted by molar-refractivity contribution is 5.35. The van der Waals surface area contributed by atoms with Gasteiger partial charge in [-0.05, 0) is 51.9 Å². The van der Waals surface area contributed by atoms with E-state index in [4.69, 9.17) is 4.74 Å². The van der Waals surface area contributed by atoms with Crippen molar-refractivity contribution in [3.8, 4) is 5.75 Å². The molecular formula is C16H26N2O. The first-order valence-electron chi connectivity index (χ1n) is 7.26. The fourth-order valence-electron chi connectivity index (χ4n) is 2.88. The fourth-order valence-corrected chi connectivity index (χ4v) is 2.88. The molecule has 1 saturated heterocycles. The maximum atomic E-state index is 5.47. The molecule has 0 amide bonds. The van der Waals surface area contributed by atoms with Gasteiger partial charge in [-0.25, -0.2) is 0 Å². The van der Waals surface area contributed by atoms with Gasteiger partial charge in [0.05, 0.1) is 7.11 Å². The Hall–Kier alpha value is -1.06. The molecule has 19 heavy (non-hydrogen) atoms. The zero-order valence-electron chi connectivity index (χ0n) is 12.4. The number of nitrogens with zero attached hydrogens (tertiary/aromatic N) is 1. The third-order valence-corrected chi connectivity index (χ3v) is 4.26. The van der Waals surface area contributed by atoms with Crippen molar-refractivity contribution < 1.29 is 4.74 Å². The molecule has 1 aliphatic rings. The molecule has 2 rings (SSSR count). The highest BCUT2D eigenvalue weighted by atomic mass is 16.5. The van der Waals surface area contributed by atoms with Crippen molar-refractivity contribution in [3.63, 3.8) is 0 Å². The summed E-state index contributed by atoms with van der Waals surface area (Å²) in [7, 11) is 3.97. The molecule has 1 aromatic carbocycles. The lowest BCUT2D eigenvalue weighted by molar-refractivity contribution is 0.194. The van der Waals surface area contributed by atoms with Crippen LogP contribution in [0.25, 0.3) is 0 Å². The Morgan fingerprint density at radius 1 is 1.32 bits per heavy atom. The van der Waals surface area contributed by atoms with Crippen molar-refractivity contribution in [3.05, 3.63) is 29.8 Å². The Bertz CT molecular complexity index is 388. The van der Waals surface area contributed by atoms with E-state index in [9.17, 15) is 0 Å². The standard InChI is InChI=1S/C16H26N2O/c1-13(15-6-4-5-7-16(15)19-3)18(2)12-14-8-10-17-11-9-14/h4-7,13-14,17H,8-12H2,1-3H3/t13-/m0/s1. The number of benzene rings is 1. The van der Waals surface area contributed by atoms with Crippen molar-refractivity contribution >= 4 is 0 Å². The van der Waals surface area contributed by atoms with Crippen LogP contribution in [0.2, 0.25) is 0 Å². The van der Waals surface area contributed by atoms with E-state index in [0.29, 0.717) is 6.04 Å². The molecule has 3 nitrogen and oxygen atoms in total. The van der Waals surface area contributed by atoms with Gasteiger partial charge in [-0.1, -0.05) is 18.2 Å². The van der Waals surface area contributed by atoms with Gasteiger partial charge in [0, 0.05) is 18.2 Å². The molecule has 0 radical (unpaired) electrons. The first-order valence-corrected chi connectivity index (χ1v) is 7.26. The first-order chi connectivity index (χ1) is 9.22. The van der Waals surface area contributed by atoms with Crippen LogP contribution in [-0.2, 0) is 0 Å². The van der Waals surface area contributed by atoms with Crippen LogP contribution in [0.1, 0.15) is 31.4 Å². The molecule has 1 aromatic rings. The van der Waals surface area contributed by atoms with Gasteiger partial charge in [-0.2, -0.15) is 0 Å². The first kappa shape index (κ1) is 14.4. The van der Waals surface area contributed by atoms with Crippen LogP contribution in [0, 0.1) is 5.92 Å². The van der Waals surface area contributed by atoms with Gasteiger partial charge in [-0.3, -0.25) is 4.90 Å². The highest BCUT2D eigenvalue weighted by Gasteiger charge is 2.20. The van der Waals surface area contributed by atoms with Crippen molar-refractivity contribution in [2.45, 2.75) is 25.8 Å². The molecule has 0 unspecified atom stereocenters. The summed E-state index contributed by atoms with van der Waals surface area (Å²) in [5.74, 6) is 1.82. The predicted molar refractivity (Wildman–Crippen MR) is 79.6 cm³/mol. The molecule has 0 saturated carbocycles. The molecular weight excluding hydrogens is 236 g/mol. The smallest absolute Gasteiger partial charge is 0.123 e. The van der Waals surface area contributed by atoms with Gasteiger partial charge in [0.2, 0.25) is 0 Å². The number of rotatable bonds is 5. The Kier molecular flexibility index (Phi) is 5.23. The second kappa shape index (κ2) is 6.92. The Morgan fingerprint density at radius 2 is 2.00 bits per heavy atom. The third kappa shape index (κ3) is 3.71. The van der Waals surface area contributed by atoms with E-state index in [0.717, 1.165) is 11.7 Å². The van der Waals surface area contributed by atoms with Crippen LogP contribution in [-0.4, -0.2) is 38.7 Å². The summed E-state index contributed by atoms with van der Waals surface area (Å²) < 4.78 is 5.47. The average molecular weight is 262 g/mol. The summed E-state index contributed by atoms with van der Waals surface area (Å²) in [6.07, 6.45) is 2.59. The minimum Gasteiger partial charge on any atom is -0.496 e. The molecule has 1 aliphatic heterocycles. The zero-order chi connectivity index (χ0) is 13.7. The predicted octanol–water partition coefficient (Wildman–Crippen LogP) is 2.69. The van der Waals surface area contributed by atoms with Gasteiger partial charge in [-0.15, -0.1) is 0 Å². The van der Waals surface area contributed by atoms with E-state index in [1.54, 1.807) is 7.11 Å². The van der Waals surface area contributed by atoms with Crippen LogP contribution in [0.3, 0.4) is 0 Å². The summed E-state index contributed by atoms with van der Waals surface area (Å²) in [5.41, 5.74) is 1.28. The molecule has 1 fully saturated rings. The largest absolute Gasteiger partial charge is 0.496 e. The molecule has 0 bridgehead atoms. The molecule has 1 heterocycles. The number of hydrogen-bond acceptors (Lipinski definition) is 3. The monoisotopic (exact) mass is 262 g/mol. The van der Waals surface area contributed by atoms with E-state index >= 15 is 0 Å². The molecule has 3 heteroatoms. The second-order valence-corrected chi connectivity index (χ2v) is 5.55. The van der Waals surface area contributed by atoms with Crippen molar-refractivity contribution in [2.75, 3.05) is 33.8 Å². The molecule has 0 spiro atoms. The average Bonchev–Trinajstić information content (AvgIpc) is 2.47. The lowest BCUT2D eigenvalue weighted by Gasteiger charge is -2.32. The SMILES string of the molecule is COc1ccccc1[C@H](C)N(C)CC1CCNCC1. The topological polar surface area (TPSA) is 24.5 Å². The summed E-state index contributed by atoms with van der Waals surface area (Å²) in [6.45, 7) is 5.77. The third-order valence-electron chi connectivity index (χ3n) is 4.26. The quantitative estimate of drug-likeness (QED) is 0.883. The minimum atomic E-state index is 0.394. The van der Waals surface area contributed by atoms with Gasteiger partial charge in [0.25, 0.3) is 0 Å². The number of hydrogen-bond donors (Lipinski definition) is 1. The van der Waals surface area contributed by atoms with Crippen LogP contribution in [0.15, 0.2) is 24.3 Å². The molecule has 0 aliphatic carbocycles. The Balaban J connectivity index is 1.99. The molecule has 1 atom stereocenters. The lowest BCUT2D eigenvalue weighted by Crippen LogP contribution is -2.35. The summed E-state index contributed by atoms with van der Waals surface area (Å²) in [4.78, 5) is 2.45. The van der Waals surface area contributed by atoms with Gasteiger partial charge in [0.15, 0.2) is 0 Å². The van der Waals surface area contributed by atoms with E-state index in [-0.39, 0.29) is 0 Å². The Morgan fingerprint density at radius 3 is 2.68 bits per heavy atom. The second-order valence-electron chi connectivity index (χ2n) is 5.55. The lowest BCUT2D eigenvalue weighted by atomic mass is 9.96. The van der Waals surface area contributed by atoms with Crippen LogP contribution in [0.4, 0.5) is 0 Å². The Labute approximate surface area is 116 Å². The number of para-hydroxylation sites is 1. The van der Waals surface area contributed by atoms with Crippen LogP contribution < -0.4 is 10.1 Å². The fraction of sp³-hybridized carbons (Fsp3) is 0.625. The number of piperidine rings is 1.